The van der Waals surface area contributed by atoms with Crippen LogP contribution in [-0.2, 0) is 6.42 Å². The highest BCUT2D eigenvalue weighted by atomic mass is 32.2. The summed E-state index contributed by atoms with van der Waals surface area (Å²) < 4.78 is 1.25. The third-order valence-electron chi connectivity index (χ3n) is 3.58. The van der Waals surface area contributed by atoms with Crippen LogP contribution >= 0.6 is 22.7 Å². The Morgan fingerprint density at radius 2 is 2.11 bits per heavy atom. The number of carbonyl (C=O) groups is 1. The number of amides is 1. The molecule has 0 radical (unpaired) electrons. The van der Waals surface area contributed by atoms with Crippen molar-refractivity contribution in [2.75, 3.05) is 13.1 Å². The highest BCUT2D eigenvalue weighted by molar-refractivity contribution is 7.39. The van der Waals surface area contributed by atoms with Gasteiger partial charge in [-0.3, -0.25) is 4.79 Å². The summed E-state index contributed by atoms with van der Waals surface area (Å²) >= 11 is 3.39. The number of nitrogens with zero attached hydrogens (tertiary/aromatic N) is 1. The van der Waals surface area contributed by atoms with Crippen molar-refractivity contribution in [3.63, 3.8) is 0 Å². The summed E-state index contributed by atoms with van der Waals surface area (Å²) in [6, 6.07) is 4.20. The van der Waals surface area contributed by atoms with E-state index in [0.29, 0.717) is 25.9 Å². The largest absolute Gasteiger partial charge is 0.393 e. The second-order valence-corrected chi connectivity index (χ2v) is 7.39. The first kappa shape index (κ1) is 13.1. The van der Waals surface area contributed by atoms with Crippen molar-refractivity contribution < 1.29 is 9.90 Å². The molecular weight excluding hydrogens is 278 g/mol. The highest BCUT2D eigenvalue weighted by Crippen LogP contribution is 2.34. The molecule has 0 aromatic carbocycles. The number of thiophene rings is 2. The van der Waals surface area contributed by atoms with Crippen molar-refractivity contribution in [3.8, 4) is 0 Å². The van der Waals surface area contributed by atoms with Crippen LogP contribution in [0.25, 0.3) is 9.40 Å². The average molecular weight is 295 g/mol. The minimum absolute atomic E-state index is 0.123. The van der Waals surface area contributed by atoms with E-state index in [9.17, 15) is 9.90 Å². The smallest absolute Gasteiger partial charge is 0.263 e. The lowest BCUT2D eigenvalue weighted by molar-refractivity contribution is 0.0551. The van der Waals surface area contributed by atoms with Crippen molar-refractivity contribution >= 4 is 38.0 Å². The van der Waals surface area contributed by atoms with Gasteiger partial charge in [-0.25, -0.2) is 0 Å². The van der Waals surface area contributed by atoms with Crippen molar-refractivity contribution in [2.45, 2.75) is 32.3 Å². The zero-order chi connectivity index (χ0) is 13.4. The lowest BCUT2D eigenvalue weighted by atomic mass is 10.1. The summed E-state index contributed by atoms with van der Waals surface area (Å²) in [5.41, 5.74) is 0. The van der Waals surface area contributed by atoms with Crippen LogP contribution in [0.1, 0.15) is 34.3 Å². The van der Waals surface area contributed by atoms with Gasteiger partial charge in [0.05, 0.1) is 15.0 Å². The van der Waals surface area contributed by atoms with Crippen LogP contribution in [0.15, 0.2) is 12.1 Å². The molecule has 1 N–H and O–H groups in total. The number of likely N-dealkylation sites (tertiary alicyclic amines) is 1. The molecule has 0 unspecified atom stereocenters. The number of fused-ring (bicyclic) bond motifs is 1. The predicted molar refractivity (Wildman–Crippen MR) is 80.2 cm³/mol. The first-order valence-electron chi connectivity index (χ1n) is 6.67. The number of aliphatic hydroxyl groups is 1. The Morgan fingerprint density at radius 1 is 1.37 bits per heavy atom. The molecule has 5 heteroatoms. The van der Waals surface area contributed by atoms with Crippen LogP contribution in [0, 0.1) is 0 Å². The summed E-state index contributed by atoms with van der Waals surface area (Å²) in [5, 5.41) is 10.7. The van der Waals surface area contributed by atoms with Gasteiger partial charge >= 0.3 is 0 Å². The van der Waals surface area contributed by atoms with Gasteiger partial charge in [-0.05, 0) is 31.4 Å². The molecule has 19 heavy (non-hydrogen) atoms. The normalized spacial score (nSPS) is 17.3. The molecule has 1 aliphatic heterocycles. The van der Waals surface area contributed by atoms with Crippen LogP contribution in [0.2, 0.25) is 0 Å². The molecule has 1 saturated heterocycles. The molecule has 1 aliphatic rings. The molecule has 102 valence electrons. The number of hydrogen-bond acceptors (Lipinski definition) is 4. The van der Waals surface area contributed by atoms with Crippen molar-refractivity contribution in [2.24, 2.45) is 0 Å². The monoisotopic (exact) mass is 295 g/mol. The van der Waals surface area contributed by atoms with E-state index in [1.165, 1.54) is 14.3 Å². The average Bonchev–Trinajstić information content (AvgIpc) is 2.96. The molecule has 1 fully saturated rings. The van der Waals surface area contributed by atoms with Gasteiger partial charge in [0.1, 0.15) is 0 Å². The Balaban J connectivity index is 1.79. The van der Waals surface area contributed by atoms with Crippen molar-refractivity contribution in [1.82, 2.24) is 4.90 Å². The van der Waals surface area contributed by atoms with Crippen LogP contribution in [-0.4, -0.2) is 35.1 Å². The van der Waals surface area contributed by atoms with Gasteiger partial charge in [0.25, 0.3) is 5.91 Å². The first-order chi connectivity index (χ1) is 9.17. The Labute approximate surface area is 120 Å². The molecule has 0 spiro atoms. The maximum Gasteiger partial charge on any atom is 0.263 e. The molecule has 3 nitrogen and oxygen atoms in total. The molecule has 1 amide bonds. The van der Waals surface area contributed by atoms with Crippen LogP contribution in [0.3, 0.4) is 0 Å². The van der Waals surface area contributed by atoms with E-state index in [1.54, 1.807) is 22.7 Å². The van der Waals surface area contributed by atoms with E-state index in [2.05, 4.69) is 13.0 Å². The summed E-state index contributed by atoms with van der Waals surface area (Å²) in [7, 11) is 0. The van der Waals surface area contributed by atoms with Crippen LogP contribution < -0.4 is 0 Å². The lowest BCUT2D eigenvalue weighted by Crippen LogP contribution is -2.39. The molecule has 0 saturated carbocycles. The Morgan fingerprint density at radius 3 is 2.74 bits per heavy atom. The quantitative estimate of drug-likeness (QED) is 0.924. The van der Waals surface area contributed by atoms with Crippen molar-refractivity contribution in [1.29, 1.82) is 0 Å². The summed E-state index contributed by atoms with van der Waals surface area (Å²) in [5.74, 6) is 0.123. The molecule has 0 atom stereocenters. The van der Waals surface area contributed by atoms with E-state index in [4.69, 9.17) is 0 Å². The number of piperidine rings is 1. The molecule has 0 bridgehead atoms. The number of carbonyl (C=O) groups excluding carboxylic acids is 1. The van der Waals surface area contributed by atoms with Crippen molar-refractivity contribution in [3.05, 3.63) is 21.9 Å². The summed E-state index contributed by atoms with van der Waals surface area (Å²) in [6.07, 6.45) is 2.22. The summed E-state index contributed by atoms with van der Waals surface area (Å²) in [6.45, 7) is 3.50. The minimum atomic E-state index is -0.233. The second kappa shape index (κ2) is 5.23. The maximum absolute atomic E-state index is 12.4. The topological polar surface area (TPSA) is 40.5 Å². The Hall–Kier alpha value is -0.910. The number of aryl methyl sites for hydroxylation is 1. The highest BCUT2D eigenvalue weighted by Gasteiger charge is 2.23. The summed E-state index contributed by atoms with van der Waals surface area (Å²) in [4.78, 5) is 16.5. The molecular formula is C14H17NO2S2. The molecule has 3 rings (SSSR count). The standard InChI is InChI=1S/C14H17NO2S2/c1-2-11-7-9-8-12(19-14(9)18-11)13(17)15-5-3-10(16)4-6-15/h7-8,10,16H,2-6H2,1H3. The van der Waals surface area contributed by atoms with E-state index in [0.717, 1.165) is 11.3 Å². The second-order valence-electron chi connectivity index (χ2n) is 4.94. The number of rotatable bonds is 2. The zero-order valence-electron chi connectivity index (χ0n) is 10.9. The van der Waals surface area contributed by atoms with Crippen LogP contribution in [0.5, 0.6) is 0 Å². The van der Waals surface area contributed by atoms with Gasteiger partial charge in [-0.1, -0.05) is 6.92 Å². The number of aliphatic hydroxyl groups excluding tert-OH is 1. The van der Waals surface area contributed by atoms with Gasteiger partial charge < -0.3 is 10.0 Å². The van der Waals surface area contributed by atoms with E-state index < -0.39 is 0 Å². The Bertz CT molecular complexity index is 562. The third-order valence-corrected chi connectivity index (χ3v) is 6.10. The molecule has 0 aliphatic carbocycles. The van der Waals surface area contributed by atoms with Crippen LogP contribution in [0.4, 0.5) is 0 Å². The molecule has 2 aromatic rings. The number of hydrogen-bond donors (Lipinski definition) is 1. The fraction of sp³-hybridized carbons (Fsp3) is 0.500. The van der Waals surface area contributed by atoms with E-state index >= 15 is 0 Å². The van der Waals surface area contributed by atoms with Gasteiger partial charge in [0.2, 0.25) is 0 Å². The lowest BCUT2D eigenvalue weighted by Gasteiger charge is -2.29. The predicted octanol–water partition coefficient (Wildman–Crippen LogP) is 3.12. The third kappa shape index (κ3) is 2.55. The van der Waals surface area contributed by atoms with Gasteiger partial charge in [-0.15, -0.1) is 22.7 Å². The van der Waals surface area contributed by atoms with Gasteiger partial charge in [0, 0.05) is 23.4 Å². The fourth-order valence-corrected chi connectivity index (χ4v) is 4.79. The first-order valence-corrected chi connectivity index (χ1v) is 8.30. The van der Waals surface area contributed by atoms with E-state index in [1.807, 2.05) is 11.0 Å². The maximum atomic E-state index is 12.4. The van der Waals surface area contributed by atoms with E-state index in [-0.39, 0.29) is 12.0 Å². The molecule has 2 aromatic heterocycles. The minimum Gasteiger partial charge on any atom is -0.393 e. The van der Waals surface area contributed by atoms with Gasteiger partial charge in [0.15, 0.2) is 0 Å². The fourth-order valence-electron chi connectivity index (χ4n) is 2.40. The zero-order valence-corrected chi connectivity index (χ0v) is 12.5. The Kier molecular flexibility index (Phi) is 3.60. The SMILES string of the molecule is CCc1cc2cc(C(=O)N3CCC(O)CC3)sc2s1. The van der Waals surface area contributed by atoms with Gasteiger partial charge in [-0.2, -0.15) is 0 Å². The molecule has 3 heterocycles.